The molecule has 1 fully saturated rings. The molecule has 1 saturated heterocycles. The maximum atomic E-state index is 12.4. The number of hydrogen-bond acceptors (Lipinski definition) is 3. The van der Waals surface area contributed by atoms with Crippen LogP contribution in [0.2, 0.25) is 5.02 Å². The number of carbonyl (C=O) groups excluding carboxylic acids is 1. The fourth-order valence-electron chi connectivity index (χ4n) is 2.58. The van der Waals surface area contributed by atoms with Gasteiger partial charge in [-0.2, -0.15) is 0 Å². The van der Waals surface area contributed by atoms with Gasteiger partial charge in [0.1, 0.15) is 0 Å². The molecule has 0 spiro atoms. The second-order valence-corrected chi connectivity index (χ2v) is 7.09. The van der Waals surface area contributed by atoms with E-state index in [-0.39, 0.29) is 11.2 Å². The zero-order chi connectivity index (χ0) is 15.5. The van der Waals surface area contributed by atoms with Gasteiger partial charge >= 0.3 is 0 Å². The monoisotopic (exact) mass is 335 g/mol. The average Bonchev–Trinajstić information content (AvgIpc) is 3.18. The molecule has 0 aliphatic carbocycles. The molecule has 2 heterocycles. The third-order valence-corrected chi connectivity index (χ3v) is 5.08. The summed E-state index contributed by atoms with van der Waals surface area (Å²) in [4.78, 5) is 18.8. The van der Waals surface area contributed by atoms with Crippen LogP contribution in [0.25, 0.3) is 5.69 Å². The Kier molecular flexibility index (Phi) is 4.74. The Hall–Kier alpha value is -1.46. The minimum absolute atomic E-state index is 0.133. The lowest BCUT2D eigenvalue weighted by molar-refractivity contribution is -0.129. The molecule has 3 rings (SSSR count). The molecule has 1 atom stereocenters. The third kappa shape index (κ3) is 3.31. The van der Waals surface area contributed by atoms with Crippen molar-refractivity contribution < 1.29 is 4.79 Å². The first-order valence-electron chi connectivity index (χ1n) is 7.40. The summed E-state index contributed by atoms with van der Waals surface area (Å²) in [5, 5.41) is 1.39. The Morgan fingerprint density at radius 3 is 2.64 bits per heavy atom. The number of halogens is 1. The molecule has 0 bridgehead atoms. The number of rotatable bonds is 4. The molecule has 116 valence electrons. The molecular formula is C16H18ClN3OS. The highest BCUT2D eigenvalue weighted by Crippen LogP contribution is 2.27. The van der Waals surface area contributed by atoms with E-state index in [9.17, 15) is 4.79 Å². The molecule has 2 aromatic rings. The van der Waals surface area contributed by atoms with E-state index >= 15 is 0 Å². The summed E-state index contributed by atoms with van der Waals surface area (Å²) in [7, 11) is 0. The van der Waals surface area contributed by atoms with E-state index in [1.54, 1.807) is 6.20 Å². The number of aromatic nitrogens is 2. The van der Waals surface area contributed by atoms with Crippen LogP contribution in [0.1, 0.15) is 19.8 Å². The van der Waals surface area contributed by atoms with E-state index in [4.69, 9.17) is 11.6 Å². The van der Waals surface area contributed by atoms with Crippen molar-refractivity contribution in [1.82, 2.24) is 14.5 Å². The Morgan fingerprint density at radius 2 is 1.95 bits per heavy atom. The fourth-order valence-corrected chi connectivity index (χ4v) is 3.67. The summed E-state index contributed by atoms with van der Waals surface area (Å²) in [5.41, 5.74) is 0.991. The van der Waals surface area contributed by atoms with Crippen molar-refractivity contribution in [2.45, 2.75) is 30.2 Å². The Bertz CT molecular complexity index is 650. The van der Waals surface area contributed by atoms with Gasteiger partial charge in [0.25, 0.3) is 0 Å². The number of benzene rings is 1. The lowest BCUT2D eigenvalue weighted by Crippen LogP contribution is -2.34. The lowest BCUT2D eigenvalue weighted by atomic mass is 10.3. The SMILES string of the molecule is C[C@@H](Sc1nccn1-c1ccc(Cl)cc1)C(=O)N1CCCC1. The van der Waals surface area contributed by atoms with E-state index in [1.807, 2.05) is 46.9 Å². The van der Waals surface area contributed by atoms with Gasteiger partial charge in [0, 0.05) is 36.2 Å². The first kappa shape index (κ1) is 15.4. The molecule has 22 heavy (non-hydrogen) atoms. The normalized spacial score (nSPS) is 16.0. The number of imidazole rings is 1. The van der Waals surface area contributed by atoms with Crippen LogP contribution in [0.15, 0.2) is 41.8 Å². The van der Waals surface area contributed by atoms with Crippen LogP contribution in [0.5, 0.6) is 0 Å². The Balaban J connectivity index is 1.74. The molecular weight excluding hydrogens is 318 g/mol. The third-order valence-electron chi connectivity index (χ3n) is 3.76. The van der Waals surface area contributed by atoms with Gasteiger partial charge in [0.2, 0.25) is 5.91 Å². The summed E-state index contributed by atoms with van der Waals surface area (Å²) in [6.45, 7) is 3.72. The molecule has 0 saturated carbocycles. The quantitative estimate of drug-likeness (QED) is 0.801. The number of likely N-dealkylation sites (tertiary alicyclic amines) is 1. The van der Waals surface area contributed by atoms with Gasteiger partial charge in [0.15, 0.2) is 5.16 Å². The van der Waals surface area contributed by atoms with Gasteiger partial charge in [-0.3, -0.25) is 9.36 Å². The van der Waals surface area contributed by atoms with E-state index in [2.05, 4.69) is 4.98 Å². The first-order chi connectivity index (χ1) is 10.6. The fraction of sp³-hybridized carbons (Fsp3) is 0.375. The smallest absolute Gasteiger partial charge is 0.235 e. The molecule has 0 radical (unpaired) electrons. The molecule has 1 aliphatic heterocycles. The zero-order valence-corrected chi connectivity index (χ0v) is 14.0. The molecule has 1 aliphatic rings. The van der Waals surface area contributed by atoms with Gasteiger partial charge in [-0.25, -0.2) is 4.98 Å². The number of amides is 1. The standard InChI is InChI=1S/C16H18ClN3OS/c1-12(15(21)19-9-2-3-10-19)22-16-18-8-11-20(16)14-6-4-13(17)5-7-14/h4-8,11-12H,2-3,9-10H2,1H3/t12-/m1/s1. The van der Waals surface area contributed by atoms with Crippen LogP contribution in [0.3, 0.4) is 0 Å². The van der Waals surface area contributed by atoms with Crippen LogP contribution < -0.4 is 0 Å². The first-order valence-corrected chi connectivity index (χ1v) is 8.65. The number of hydrogen-bond donors (Lipinski definition) is 0. The van der Waals surface area contributed by atoms with Crippen LogP contribution >= 0.6 is 23.4 Å². The highest BCUT2D eigenvalue weighted by atomic mass is 35.5. The minimum Gasteiger partial charge on any atom is -0.342 e. The van der Waals surface area contributed by atoms with Crippen LogP contribution in [0, 0.1) is 0 Å². The van der Waals surface area contributed by atoms with Crippen LogP contribution in [-0.4, -0.2) is 38.7 Å². The predicted molar refractivity (Wildman–Crippen MR) is 89.7 cm³/mol. The van der Waals surface area contributed by atoms with Crippen molar-refractivity contribution in [3.05, 3.63) is 41.7 Å². The summed E-state index contributed by atoms with van der Waals surface area (Å²) < 4.78 is 1.98. The average molecular weight is 336 g/mol. The second-order valence-electron chi connectivity index (χ2n) is 5.35. The Morgan fingerprint density at radius 1 is 1.27 bits per heavy atom. The number of nitrogens with zero attached hydrogens (tertiary/aromatic N) is 3. The van der Waals surface area contributed by atoms with Crippen LogP contribution in [-0.2, 0) is 4.79 Å². The molecule has 1 aromatic heterocycles. The molecule has 1 aromatic carbocycles. The number of thioether (sulfide) groups is 1. The summed E-state index contributed by atoms with van der Waals surface area (Å²) in [5.74, 6) is 0.202. The van der Waals surface area contributed by atoms with Gasteiger partial charge in [0.05, 0.1) is 5.25 Å². The van der Waals surface area contributed by atoms with E-state index in [0.717, 1.165) is 36.8 Å². The molecule has 0 unspecified atom stereocenters. The van der Waals surface area contributed by atoms with Crippen molar-refractivity contribution in [2.24, 2.45) is 0 Å². The van der Waals surface area contributed by atoms with Crippen molar-refractivity contribution in [3.8, 4) is 5.69 Å². The topological polar surface area (TPSA) is 38.1 Å². The van der Waals surface area contributed by atoms with Gasteiger partial charge < -0.3 is 4.90 Å². The minimum atomic E-state index is -0.133. The zero-order valence-electron chi connectivity index (χ0n) is 12.4. The maximum absolute atomic E-state index is 12.4. The van der Waals surface area contributed by atoms with Crippen LogP contribution in [0.4, 0.5) is 0 Å². The van der Waals surface area contributed by atoms with Crippen molar-refractivity contribution in [2.75, 3.05) is 13.1 Å². The highest BCUT2D eigenvalue weighted by molar-refractivity contribution is 8.00. The number of carbonyl (C=O) groups is 1. The van der Waals surface area contributed by atoms with E-state index < -0.39 is 0 Å². The van der Waals surface area contributed by atoms with E-state index in [1.165, 1.54) is 11.8 Å². The molecule has 6 heteroatoms. The lowest BCUT2D eigenvalue weighted by Gasteiger charge is -2.20. The highest BCUT2D eigenvalue weighted by Gasteiger charge is 2.25. The molecule has 1 amide bonds. The van der Waals surface area contributed by atoms with Crippen molar-refractivity contribution in [3.63, 3.8) is 0 Å². The van der Waals surface area contributed by atoms with E-state index in [0.29, 0.717) is 5.02 Å². The second kappa shape index (κ2) is 6.75. The van der Waals surface area contributed by atoms with Crippen molar-refractivity contribution in [1.29, 1.82) is 0 Å². The summed E-state index contributed by atoms with van der Waals surface area (Å²) in [6, 6.07) is 7.59. The summed E-state index contributed by atoms with van der Waals surface area (Å²) >= 11 is 7.43. The summed E-state index contributed by atoms with van der Waals surface area (Å²) in [6.07, 6.45) is 5.88. The van der Waals surface area contributed by atoms with Gasteiger partial charge in [-0.05, 0) is 44.0 Å². The maximum Gasteiger partial charge on any atom is 0.235 e. The van der Waals surface area contributed by atoms with Crippen molar-refractivity contribution >= 4 is 29.3 Å². The predicted octanol–water partition coefficient (Wildman–Crippen LogP) is 3.63. The molecule has 4 nitrogen and oxygen atoms in total. The Labute approximate surface area is 139 Å². The van der Waals surface area contributed by atoms with Gasteiger partial charge in [-0.1, -0.05) is 23.4 Å². The molecule has 0 N–H and O–H groups in total. The largest absolute Gasteiger partial charge is 0.342 e. The van der Waals surface area contributed by atoms with Gasteiger partial charge in [-0.15, -0.1) is 0 Å².